The Balaban J connectivity index is 1.47. The molecule has 3 atom stereocenters. The van der Waals surface area contributed by atoms with Crippen LogP contribution in [0.5, 0.6) is 0 Å². The van der Waals surface area contributed by atoms with Crippen LogP contribution in [0.3, 0.4) is 0 Å². The van der Waals surface area contributed by atoms with Crippen LogP contribution in [0.2, 0.25) is 10.0 Å². The minimum absolute atomic E-state index is 0.302. The van der Waals surface area contributed by atoms with Gasteiger partial charge in [0.15, 0.2) is 6.61 Å². The second-order valence-corrected chi connectivity index (χ2v) is 7.69. The summed E-state index contributed by atoms with van der Waals surface area (Å²) in [7, 11) is 0. The van der Waals surface area contributed by atoms with E-state index >= 15 is 0 Å². The molecule has 1 aromatic carbocycles. The van der Waals surface area contributed by atoms with E-state index in [9.17, 15) is 9.59 Å². The van der Waals surface area contributed by atoms with Gasteiger partial charge < -0.3 is 10.1 Å². The lowest BCUT2D eigenvalue weighted by atomic mass is 9.86. The zero-order chi connectivity index (χ0) is 17.3. The number of fused-ring (bicyclic) bond motifs is 2. The molecule has 0 aliphatic heterocycles. The number of rotatable bonds is 5. The number of anilines is 1. The normalized spacial score (nSPS) is 24.9. The smallest absolute Gasteiger partial charge is 0.306 e. The van der Waals surface area contributed by atoms with Gasteiger partial charge in [0.2, 0.25) is 0 Å². The molecule has 0 saturated heterocycles. The van der Waals surface area contributed by atoms with Crippen molar-refractivity contribution in [1.29, 1.82) is 0 Å². The third-order valence-electron chi connectivity index (χ3n) is 5.23. The number of nitrogens with one attached hydrogen (secondary N) is 1. The molecule has 2 aliphatic carbocycles. The van der Waals surface area contributed by atoms with Crippen molar-refractivity contribution in [2.24, 2.45) is 17.8 Å². The number of hydrogen-bond donors (Lipinski definition) is 1. The Morgan fingerprint density at radius 2 is 2.04 bits per heavy atom. The zero-order valence-corrected chi connectivity index (χ0v) is 15.1. The summed E-state index contributed by atoms with van der Waals surface area (Å²) in [5.41, 5.74) is 1.16. The van der Waals surface area contributed by atoms with Gasteiger partial charge >= 0.3 is 5.97 Å². The van der Waals surface area contributed by atoms with E-state index in [1.807, 2.05) is 6.92 Å². The van der Waals surface area contributed by atoms with Crippen LogP contribution in [0.15, 0.2) is 12.1 Å². The van der Waals surface area contributed by atoms with E-state index in [4.69, 9.17) is 27.9 Å². The number of carbonyl (C=O) groups excluding carboxylic acids is 2. The highest BCUT2D eigenvalue weighted by Gasteiger charge is 2.40. The predicted molar refractivity (Wildman–Crippen MR) is 94.3 cm³/mol. The lowest BCUT2D eigenvalue weighted by Gasteiger charge is -2.20. The van der Waals surface area contributed by atoms with E-state index in [0.29, 0.717) is 34.0 Å². The summed E-state index contributed by atoms with van der Waals surface area (Å²) in [6, 6.07) is 3.44. The lowest BCUT2D eigenvalue weighted by molar-refractivity contribution is -0.148. The molecule has 130 valence electrons. The number of ether oxygens (including phenoxy) is 1. The Kier molecular flexibility index (Phi) is 5.36. The molecule has 1 aromatic rings. The second kappa shape index (κ2) is 7.32. The van der Waals surface area contributed by atoms with Crippen molar-refractivity contribution in [1.82, 2.24) is 0 Å². The van der Waals surface area contributed by atoms with Crippen molar-refractivity contribution in [3.8, 4) is 0 Å². The molecule has 4 nitrogen and oxygen atoms in total. The van der Waals surface area contributed by atoms with E-state index in [1.54, 1.807) is 12.1 Å². The molecule has 2 fully saturated rings. The van der Waals surface area contributed by atoms with Gasteiger partial charge in [-0.05, 0) is 55.6 Å². The quantitative estimate of drug-likeness (QED) is 0.770. The number of aryl methyl sites for hydroxylation is 1. The van der Waals surface area contributed by atoms with E-state index in [-0.39, 0.29) is 12.6 Å². The van der Waals surface area contributed by atoms with Crippen molar-refractivity contribution in [2.75, 3.05) is 11.9 Å². The van der Waals surface area contributed by atoms with Gasteiger partial charge in [-0.15, -0.1) is 0 Å². The zero-order valence-electron chi connectivity index (χ0n) is 13.6. The number of esters is 1. The molecule has 2 bridgehead atoms. The highest BCUT2D eigenvalue weighted by atomic mass is 35.5. The molecular weight excluding hydrogens is 349 g/mol. The van der Waals surface area contributed by atoms with Crippen molar-refractivity contribution >= 4 is 40.8 Å². The Hall–Kier alpha value is -1.26. The van der Waals surface area contributed by atoms with Crippen LogP contribution in [-0.4, -0.2) is 18.5 Å². The summed E-state index contributed by atoms with van der Waals surface area (Å²) >= 11 is 12.2. The summed E-state index contributed by atoms with van der Waals surface area (Å²) < 4.78 is 5.12. The summed E-state index contributed by atoms with van der Waals surface area (Å²) in [6.07, 6.45) is 5.33. The van der Waals surface area contributed by atoms with Crippen LogP contribution in [0, 0.1) is 24.7 Å². The molecule has 0 spiro atoms. The van der Waals surface area contributed by atoms with Gasteiger partial charge in [-0.25, -0.2) is 0 Å². The molecule has 2 saturated carbocycles. The van der Waals surface area contributed by atoms with Crippen LogP contribution in [0.4, 0.5) is 5.69 Å². The average Bonchev–Trinajstić information content (AvgIpc) is 3.16. The number of carbonyl (C=O) groups is 2. The van der Waals surface area contributed by atoms with Gasteiger partial charge in [0.1, 0.15) is 0 Å². The molecule has 0 aromatic heterocycles. The maximum Gasteiger partial charge on any atom is 0.306 e. The third-order valence-corrected chi connectivity index (χ3v) is 6.03. The van der Waals surface area contributed by atoms with E-state index < -0.39 is 5.91 Å². The van der Waals surface area contributed by atoms with Crippen LogP contribution in [-0.2, 0) is 14.3 Å². The van der Waals surface area contributed by atoms with E-state index in [1.165, 1.54) is 19.3 Å². The Bertz CT molecular complexity index is 662. The fraction of sp³-hybridized carbons (Fsp3) is 0.556. The van der Waals surface area contributed by atoms with Gasteiger partial charge in [0, 0.05) is 6.42 Å². The van der Waals surface area contributed by atoms with Gasteiger partial charge in [0.25, 0.3) is 5.91 Å². The molecule has 6 heteroatoms. The largest absolute Gasteiger partial charge is 0.456 e. The highest BCUT2D eigenvalue weighted by Crippen LogP contribution is 2.49. The first-order valence-corrected chi connectivity index (χ1v) is 9.09. The van der Waals surface area contributed by atoms with Crippen molar-refractivity contribution < 1.29 is 14.3 Å². The van der Waals surface area contributed by atoms with Crippen molar-refractivity contribution in [3.05, 3.63) is 27.7 Å². The monoisotopic (exact) mass is 369 g/mol. The standard InChI is InChI=1S/C18H21Cl2NO3/c1-10-2-5-14(19)18(17(10)20)21-15(22)9-24-16(23)8-13-7-11-3-4-12(13)6-11/h2,5,11-13H,3-4,6-9H2,1H3,(H,21,22)/t11-,12-,13-/m1/s1. The molecular formula is C18H21Cl2NO3. The lowest BCUT2D eigenvalue weighted by Crippen LogP contribution is -2.23. The fourth-order valence-electron chi connectivity index (χ4n) is 3.99. The number of benzene rings is 1. The summed E-state index contributed by atoms with van der Waals surface area (Å²) in [4.78, 5) is 24.0. The molecule has 2 aliphatic rings. The average molecular weight is 370 g/mol. The van der Waals surface area contributed by atoms with Crippen LogP contribution >= 0.6 is 23.2 Å². The molecule has 1 amide bonds. The molecule has 0 heterocycles. The number of hydrogen-bond acceptors (Lipinski definition) is 3. The predicted octanol–water partition coefficient (Wildman–Crippen LogP) is 4.61. The summed E-state index contributed by atoms with van der Waals surface area (Å²) in [6.45, 7) is 1.50. The number of amides is 1. The maximum atomic E-state index is 12.0. The third kappa shape index (κ3) is 3.86. The van der Waals surface area contributed by atoms with Crippen LogP contribution < -0.4 is 5.32 Å². The highest BCUT2D eigenvalue weighted by molar-refractivity contribution is 6.40. The van der Waals surface area contributed by atoms with Gasteiger partial charge in [0.05, 0.1) is 15.7 Å². The molecule has 0 radical (unpaired) electrons. The van der Waals surface area contributed by atoms with E-state index in [0.717, 1.165) is 17.9 Å². The minimum atomic E-state index is -0.439. The Morgan fingerprint density at radius 3 is 2.71 bits per heavy atom. The molecule has 3 rings (SSSR count). The van der Waals surface area contributed by atoms with Crippen LogP contribution in [0.25, 0.3) is 0 Å². The first-order chi connectivity index (χ1) is 11.4. The summed E-state index contributed by atoms with van der Waals surface area (Å²) in [5.74, 6) is 1.15. The minimum Gasteiger partial charge on any atom is -0.456 e. The topological polar surface area (TPSA) is 55.4 Å². The Labute approximate surface area is 151 Å². The second-order valence-electron chi connectivity index (χ2n) is 6.90. The SMILES string of the molecule is Cc1ccc(Cl)c(NC(=O)COC(=O)C[C@H]2C[C@@H]3CC[C@@H]2C3)c1Cl. The Morgan fingerprint density at radius 1 is 1.25 bits per heavy atom. The summed E-state index contributed by atoms with van der Waals surface area (Å²) in [5, 5.41) is 3.36. The van der Waals surface area contributed by atoms with Gasteiger partial charge in [-0.3, -0.25) is 9.59 Å². The molecule has 1 N–H and O–H groups in total. The first kappa shape index (κ1) is 17.6. The van der Waals surface area contributed by atoms with Crippen LogP contribution in [0.1, 0.15) is 37.7 Å². The molecule has 0 unspecified atom stereocenters. The van der Waals surface area contributed by atoms with Gasteiger partial charge in [-0.1, -0.05) is 35.7 Å². The number of halogens is 2. The van der Waals surface area contributed by atoms with E-state index in [2.05, 4.69) is 5.32 Å². The van der Waals surface area contributed by atoms with Crippen molar-refractivity contribution in [3.63, 3.8) is 0 Å². The molecule has 24 heavy (non-hydrogen) atoms. The maximum absolute atomic E-state index is 12.0. The van der Waals surface area contributed by atoms with Crippen molar-refractivity contribution in [2.45, 2.75) is 39.0 Å². The van der Waals surface area contributed by atoms with Gasteiger partial charge in [-0.2, -0.15) is 0 Å². The first-order valence-electron chi connectivity index (χ1n) is 8.34. The fourth-order valence-corrected chi connectivity index (χ4v) is 4.46.